The number of benzene rings is 1. The topological polar surface area (TPSA) is 63.2 Å². The van der Waals surface area contributed by atoms with Crippen molar-refractivity contribution in [2.24, 2.45) is 0 Å². The predicted molar refractivity (Wildman–Crippen MR) is 99.0 cm³/mol. The van der Waals surface area contributed by atoms with Crippen LogP contribution in [0.3, 0.4) is 0 Å². The molecule has 2 N–H and O–H groups in total. The van der Waals surface area contributed by atoms with Crippen LogP contribution in [-0.2, 0) is 10.7 Å². The molecular weight excluding hydrogens is 359 g/mol. The first-order valence-corrected chi connectivity index (χ1v) is 8.55. The van der Waals surface area contributed by atoms with E-state index in [0.717, 1.165) is 31.5 Å². The Bertz CT molecular complexity index is 834. The number of morpholine rings is 1. The molecule has 3 atom stereocenters. The van der Waals surface area contributed by atoms with Gasteiger partial charge in [-0.2, -0.15) is 8.78 Å². The molecule has 27 heavy (non-hydrogen) atoms. The summed E-state index contributed by atoms with van der Waals surface area (Å²) < 4.78 is 32.7. The molecule has 0 radical (unpaired) electrons. The third-order valence-electron chi connectivity index (χ3n) is 4.80. The fourth-order valence-electron chi connectivity index (χ4n) is 3.45. The minimum absolute atomic E-state index is 0. The molecule has 2 aromatic rings. The Kier molecular flexibility index (Phi) is 5.21. The summed E-state index contributed by atoms with van der Waals surface area (Å²) in [7, 11) is 0. The number of carbonyl (C=O) groups excluding carboxylic acids is 1. The molecule has 5 nitrogen and oxygen atoms in total. The minimum atomic E-state index is -3.09. The average molecular weight is 383 g/mol. The molecule has 2 aliphatic rings. The van der Waals surface area contributed by atoms with Gasteiger partial charge < -0.3 is 15.4 Å². The number of alkyl halides is 2. The van der Waals surface area contributed by atoms with Gasteiger partial charge in [0.2, 0.25) is 0 Å². The molecule has 2 aliphatic heterocycles. The Balaban J connectivity index is 0.00000140. The highest BCUT2D eigenvalue weighted by Crippen LogP contribution is 2.37. The van der Waals surface area contributed by atoms with E-state index in [1.807, 2.05) is 12.1 Å². The number of halogens is 3. The Labute approximate surface area is 157 Å². The van der Waals surface area contributed by atoms with E-state index >= 15 is 0 Å². The van der Waals surface area contributed by atoms with Crippen molar-refractivity contribution >= 4 is 11.6 Å². The number of pyridine rings is 1. The third kappa shape index (κ3) is 3.96. The fourth-order valence-corrected chi connectivity index (χ4v) is 3.45. The Morgan fingerprint density at radius 1 is 1.33 bits per heavy atom. The van der Waals surface area contributed by atoms with Crippen LogP contribution >= 0.6 is 0 Å². The van der Waals surface area contributed by atoms with Crippen molar-refractivity contribution < 1.29 is 25.9 Å². The molecule has 1 aromatic carbocycles. The van der Waals surface area contributed by atoms with Gasteiger partial charge in [0.25, 0.3) is 11.8 Å². The second-order valence-corrected chi connectivity index (χ2v) is 6.82. The molecule has 3 heterocycles. The fraction of sp³-hybridized carbons (Fsp3) is 0.368. The molecule has 2 unspecified atom stereocenters. The van der Waals surface area contributed by atoms with Gasteiger partial charge in [0.05, 0.1) is 12.2 Å². The largest absolute Gasteiger partial charge is 0.367 e. The van der Waals surface area contributed by atoms with Crippen molar-refractivity contribution in [1.82, 2.24) is 10.3 Å². The zero-order chi connectivity index (χ0) is 18.3. The van der Waals surface area contributed by atoms with E-state index in [1.54, 1.807) is 12.1 Å². The highest BCUT2D eigenvalue weighted by molar-refractivity contribution is 6.04. The average Bonchev–Trinajstić information content (AvgIpc) is 3.25. The first-order valence-electron chi connectivity index (χ1n) is 8.55. The molecule has 8 heteroatoms. The van der Waals surface area contributed by atoms with Gasteiger partial charge in [0.15, 0.2) is 0 Å². The van der Waals surface area contributed by atoms with E-state index in [1.165, 1.54) is 12.3 Å². The highest BCUT2D eigenvalue weighted by Gasteiger charge is 2.41. The summed E-state index contributed by atoms with van der Waals surface area (Å²) in [5, 5.41) is 6.15. The van der Waals surface area contributed by atoms with Crippen LogP contribution in [0.25, 0.3) is 0 Å². The van der Waals surface area contributed by atoms with Crippen LogP contribution in [0, 0.1) is 0 Å². The lowest BCUT2D eigenvalue weighted by Gasteiger charge is -2.23. The Hall–Kier alpha value is -2.45. The van der Waals surface area contributed by atoms with E-state index in [0.29, 0.717) is 11.7 Å². The van der Waals surface area contributed by atoms with Gasteiger partial charge in [-0.3, -0.25) is 14.5 Å². The maximum atomic E-state index is 13.4. The van der Waals surface area contributed by atoms with Crippen LogP contribution in [0.2, 0.25) is 0 Å². The molecule has 1 aromatic heterocycles. The lowest BCUT2D eigenvalue weighted by Crippen LogP contribution is -2.33. The number of nitrogens with zero attached hydrogens (tertiary/aromatic N) is 1. The lowest BCUT2D eigenvalue weighted by molar-refractivity contribution is 0.0127. The maximum Gasteiger partial charge on any atom is 0.286 e. The first-order chi connectivity index (χ1) is 12.4. The third-order valence-corrected chi connectivity index (χ3v) is 4.80. The van der Waals surface area contributed by atoms with Crippen LogP contribution < -0.4 is 10.6 Å². The SMILES string of the molecule is CC(F)(F)c1cc(C(=O)Nc2ccc([C@H]3OC4CNC3C4)cc2)ccn1.F.[HH].[HH]. The molecule has 2 fully saturated rings. The maximum absolute atomic E-state index is 13.4. The van der Waals surface area contributed by atoms with Crippen LogP contribution in [0.5, 0.6) is 0 Å². The number of ether oxygens (including phenoxy) is 1. The molecule has 1 amide bonds. The smallest absolute Gasteiger partial charge is 0.286 e. The number of hydrogen-bond donors (Lipinski definition) is 2. The van der Waals surface area contributed by atoms with E-state index in [2.05, 4.69) is 15.6 Å². The summed E-state index contributed by atoms with van der Waals surface area (Å²) in [4.78, 5) is 15.9. The summed E-state index contributed by atoms with van der Waals surface area (Å²) in [6.07, 6.45) is 2.55. The Morgan fingerprint density at radius 3 is 2.67 bits per heavy atom. The molecule has 0 spiro atoms. The molecular formula is C19H24F3N3O2. The number of rotatable bonds is 4. The molecule has 148 valence electrons. The Morgan fingerprint density at radius 2 is 2.07 bits per heavy atom. The number of aromatic nitrogens is 1. The molecule has 4 rings (SSSR count). The number of amides is 1. The van der Waals surface area contributed by atoms with Gasteiger partial charge in [-0.15, -0.1) is 0 Å². The summed E-state index contributed by atoms with van der Waals surface area (Å²) in [5.74, 6) is -3.55. The predicted octanol–water partition coefficient (Wildman–Crippen LogP) is 3.89. The van der Waals surface area contributed by atoms with Crippen molar-refractivity contribution in [1.29, 1.82) is 0 Å². The zero-order valence-electron chi connectivity index (χ0n) is 14.6. The number of carbonyl (C=O) groups is 1. The van der Waals surface area contributed by atoms with E-state index in [4.69, 9.17) is 4.74 Å². The van der Waals surface area contributed by atoms with Crippen molar-refractivity contribution in [2.75, 3.05) is 11.9 Å². The normalized spacial score (nSPS) is 23.7. The second-order valence-electron chi connectivity index (χ2n) is 6.82. The van der Waals surface area contributed by atoms with Gasteiger partial charge in [-0.25, -0.2) is 0 Å². The van der Waals surface area contributed by atoms with Crippen LogP contribution in [0.1, 0.15) is 43.9 Å². The van der Waals surface area contributed by atoms with Crippen molar-refractivity contribution in [3.05, 3.63) is 59.4 Å². The molecule has 0 aliphatic carbocycles. The zero-order valence-corrected chi connectivity index (χ0v) is 14.6. The number of anilines is 1. The van der Waals surface area contributed by atoms with Gasteiger partial charge in [0.1, 0.15) is 5.69 Å². The van der Waals surface area contributed by atoms with E-state index < -0.39 is 17.5 Å². The van der Waals surface area contributed by atoms with Gasteiger partial charge >= 0.3 is 0 Å². The highest BCUT2D eigenvalue weighted by atomic mass is 19.3. The number of fused-ring (bicyclic) bond motifs is 2. The molecule has 2 saturated heterocycles. The summed E-state index contributed by atoms with van der Waals surface area (Å²) in [6, 6.07) is 10.3. The quantitative estimate of drug-likeness (QED) is 0.841. The standard InChI is InChI=1S/C19H19F2N3O2.FH.2H2/c1-19(20,21)16-8-12(6-7-22-16)18(25)24-13-4-2-11(3-5-13)17-15-9-14(26-17)10-23-15;;;/h2-8,14-15,17,23H,9-10H2,1H3,(H,24,25);3*1H/t14?,15?,17-;;;/m1.../s1. The minimum Gasteiger partial charge on any atom is -0.367 e. The van der Waals surface area contributed by atoms with Crippen LogP contribution in [0.15, 0.2) is 42.6 Å². The van der Waals surface area contributed by atoms with Gasteiger partial charge in [-0.1, -0.05) is 12.1 Å². The number of nitrogens with one attached hydrogen (secondary N) is 2. The van der Waals surface area contributed by atoms with E-state index in [9.17, 15) is 13.6 Å². The van der Waals surface area contributed by atoms with Gasteiger partial charge in [-0.05, 0) is 36.2 Å². The monoisotopic (exact) mass is 383 g/mol. The van der Waals surface area contributed by atoms with Crippen LogP contribution in [0.4, 0.5) is 19.2 Å². The molecule has 0 saturated carbocycles. The number of hydrogen-bond acceptors (Lipinski definition) is 4. The summed E-state index contributed by atoms with van der Waals surface area (Å²) >= 11 is 0. The van der Waals surface area contributed by atoms with Gasteiger partial charge in [0, 0.05) is 39.8 Å². The summed E-state index contributed by atoms with van der Waals surface area (Å²) in [5.41, 5.74) is 1.36. The summed E-state index contributed by atoms with van der Waals surface area (Å²) in [6.45, 7) is 1.66. The van der Waals surface area contributed by atoms with Crippen molar-refractivity contribution in [2.45, 2.75) is 37.5 Å². The lowest BCUT2D eigenvalue weighted by atomic mass is 10.0. The second kappa shape index (κ2) is 7.28. The van der Waals surface area contributed by atoms with E-state index in [-0.39, 0.29) is 25.3 Å². The first kappa shape index (κ1) is 19.3. The van der Waals surface area contributed by atoms with Crippen molar-refractivity contribution in [3.8, 4) is 0 Å². The van der Waals surface area contributed by atoms with Crippen LogP contribution in [-0.4, -0.2) is 29.6 Å². The van der Waals surface area contributed by atoms with Crippen molar-refractivity contribution in [3.63, 3.8) is 0 Å². The molecule has 2 bridgehead atoms.